The summed E-state index contributed by atoms with van der Waals surface area (Å²) in [6.07, 6.45) is 11.9. The first-order valence-electron chi connectivity index (χ1n) is 12.2. The van der Waals surface area contributed by atoms with Crippen molar-refractivity contribution in [3.05, 3.63) is 0 Å². The molecule has 0 unspecified atom stereocenters. The molecular weight excluding hydrogens is 312 g/mol. The minimum Gasteiger partial charge on any atom is -0.0683 e. The first-order chi connectivity index (χ1) is 12.2. The maximum Gasteiger partial charge on any atom is -0.0388 e. The Balaban J connectivity index is 0.000000439. The Kier molecular flexibility index (Phi) is 14.1. The third kappa shape index (κ3) is 9.80. The van der Waals surface area contributed by atoms with Crippen molar-refractivity contribution >= 4 is 0 Å². The normalized spacial score (nSPS) is 29.3. The summed E-state index contributed by atoms with van der Waals surface area (Å²) in [4.78, 5) is 0. The van der Waals surface area contributed by atoms with Gasteiger partial charge < -0.3 is 0 Å². The predicted octanol–water partition coefficient (Wildman–Crippen LogP) is 9.24. The highest BCUT2D eigenvalue weighted by molar-refractivity contribution is 4.77. The van der Waals surface area contributed by atoms with Crippen LogP contribution >= 0.6 is 0 Å². The van der Waals surface area contributed by atoms with Crippen molar-refractivity contribution in [1.29, 1.82) is 0 Å². The Morgan fingerprint density at radius 3 is 0.769 bits per heavy atom. The van der Waals surface area contributed by atoms with Crippen LogP contribution in [0, 0.1) is 47.3 Å². The van der Waals surface area contributed by atoms with Crippen LogP contribution in [-0.4, -0.2) is 0 Å². The fraction of sp³-hybridized carbons (Fsp3) is 1.00. The third-order valence-corrected chi connectivity index (χ3v) is 7.28. The average molecular weight is 367 g/mol. The third-order valence-electron chi connectivity index (χ3n) is 7.28. The summed E-state index contributed by atoms with van der Waals surface area (Å²) in [5.74, 6) is 7.71. The molecule has 0 amide bonds. The SMILES string of the molecule is CC.CC(C)[C@@H]1CCC[C@H](C(C)C)C1.CC(C)[C@@H]1CCC[C@H](C(C)C)C1. The van der Waals surface area contributed by atoms with Crippen molar-refractivity contribution in [2.45, 2.75) is 121 Å². The van der Waals surface area contributed by atoms with Crippen molar-refractivity contribution in [3.63, 3.8) is 0 Å². The monoisotopic (exact) mass is 366 g/mol. The van der Waals surface area contributed by atoms with Crippen LogP contribution in [-0.2, 0) is 0 Å². The van der Waals surface area contributed by atoms with E-state index in [1.165, 1.54) is 51.4 Å². The fourth-order valence-corrected chi connectivity index (χ4v) is 4.96. The van der Waals surface area contributed by atoms with Gasteiger partial charge in [0.2, 0.25) is 0 Å². The van der Waals surface area contributed by atoms with Gasteiger partial charge in [0.15, 0.2) is 0 Å². The molecule has 0 saturated heterocycles. The molecule has 0 aromatic rings. The molecule has 4 atom stereocenters. The van der Waals surface area contributed by atoms with E-state index < -0.39 is 0 Å². The molecule has 0 bridgehead atoms. The van der Waals surface area contributed by atoms with E-state index >= 15 is 0 Å². The van der Waals surface area contributed by atoms with Crippen LogP contribution in [0.3, 0.4) is 0 Å². The van der Waals surface area contributed by atoms with Crippen LogP contribution < -0.4 is 0 Å². The van der Waals surface area contributed by atoms with Crippen molar-refractivity contribution in [2.75, 3.05) is 0 Å². The van der Waals surface area contributed by atoms with Gasteiger partial charge in [-0.3, -0.25) is 0 Å². The highest BCUT2D eigenvalue weighted by Gasteiger charge is 2.26. The van der Waals surface area contributed by atoms with E-state index in [-0.39, 0.29) is 0 Å². The Morgan fingerprint density at radius 1 is 0.423 bits per heavy atom. The van der Waals surface area contributed by atoms with Gasteiger partial charge in [0.05, 0.1) is 0 Å². The summed E-state index contributed by atoms with van der Waals surface area (Å²) in [5.41, 5.74) is 0. The fourth-order valence-electron chi connectivity index (χ4n) is 4.96. The molecule has 0 radical (unpaired) electrons. The molecule has 0 aliphatic heterocycles. The highest BCUT2D eigenvalue weighted by atomic mass is 14.3. The number of rotatable bonds is 4. The molecule has 0 heterocycles. The molecule has 0 spiro atoms. The molecule has 158 valence electrons. The average Bonchev–Trinajstić information content (AvgIpc) is 2.64. The Hall–Kier alpha value is 0. The smallest absolute Gasteiger partial charge is 0.0388 e. The molecule has 2 rings (SSSR count). The van der Waals surface area contributed by atoms with Gasteiger partial charge >= 0.3 is 0 Å². The second-order valence-corrected chi connectivity index (χ2v) is 10.3. The first kappa shape index (κ1) is 26.0. The van der Waals surface area contributed by atoms with Gasteiger partial charge in [0.25, 0.3) is 0 Å². The highest BCUT2D eigenvalue weighted by Crippen LogP contribution is 2.37. The number of hydrogen-bond acceptors (Lipinski definition) is 0. The lowest BCUT2D eigenvalue weighted by molar-refractivity contribution is 0.177. The standard InChI is InChI=1S/2C12H24.C2H6/c2*1-9(2)11-6-5-7-12(8-11)10(3)4;1-2/h2*9-12H,5-8H2,1-4H3;1-2H3/t2*11-,12+;. The molecule has 0 aromatic heterocycles. The summed E-state index contributed by atoms with van der Waals surface area (Å²) < 4.78 is 0. The largest absolute Gasteiger partial charge is 0.0683 e. The molecule has 26 heavy (non-hydrogen) atoms. The van der Waals surface area contributed by atoms with E-state index in [1.54, 1.807) is 0 Å². The zero-order chi connectivity index (χ0) is 20.3. The van der Waals surface area contributed by atoms with Crippen LogP contribution in [0.2, 0.25) is 0 Å². The van der Waals surface area contributed by atoms with Crippen molar-refractivity contribution in [3.8, 4) is 0 Å². The minimum absolute atomic E-state index is 0.909. The van der Waals surface area contributed by atoms with Gasteiger partial charge in [0.1, 0.15) is 0 Å². The van der Waals surface area contributed by atoms with E-state index in [9.17, 15) is 0 Å². The van der Waals surface area contributed by atoms with Crippen molar-refractivity contribution in [2.24, 2.45) is 47.3 Å². The summed E-state index contributed by atoms with van der Waals surface area (Å²) in [7, 11) is 0. The molecule has 2 aliphatic rings. The van der Waals surface area contributed by atoms with Crippen LogP contribution in [0.25, 0.3) is 0 Å². The Labute approximate surface area is 168 Å². The van der Waals surface area contributed by atoms with E-state index in [0.717, 1.165) is 47.3 Å². The lowest BCUT2D eigenvalue weighted by Gasteiger charge is -2.33. The summed E-state index contributed by atoms with van der Waals surface area (Å²) >= 11 is 0. The summed E-state index contributed by atoms with van der Waals surface area (Å²) in [6, 6.07) is 0. The van der Waals surface area contributed by atoms with Crippen molar-refractivity contribution in [1.82, 2.24) is 0 Å². The zero-order valence-electron chi connectivity index (χ0n) is 20.3. The summed E-state index contributed by atoms with van der Waals surface area (Å²) in [5, 5.41) is 0. The van der Waals surface area contributed by atoms with Crippen molar-refractivity contribution < 1.29 is 0 Å². The number of hydrogen-bond donors (Lipinski definition) is 0. The molecule has 2 fully saturated rings. The van der Waals surface area contributed by atoms with Gasteiger partial charge in [-0.15, -0.1) is 0 Å². The maximum absolute atomic E-state index is 2.38. The molecule has 0 N–H and O–H groups in total. The zero-order valence-corrected chi connectivity index (χ0v) is 20.3. The lowest BCUT2D eigenvalue weighted by Crippen LogP contribution is -2.22. The van der Waals surface area contributed by atoms with Crippen LogP contribution in [0.4, 0.5) is 0 Å². The predicted molar refractivity (Wildman–Crippen MR) is 122 cm³/mol. The van der Waals surface area contributed by atoms with Crippen LogP contribution in [0.15, 0.2) is 0 Å². The van der Waals surface area contributed by atoms with E-state index in [4.69, 9.17) is 0 Å². The topological polar surface area (TPSA) is 0 Å². The molecule has 2 aliphatic carbocycles. The quantitative estimate of drug-likeness (QED) is 0.465. The van der Waals surface area contributed by atoms with E-state index in [1.807, 2.05) is 13.8 Å². The van der Waals surface area contributed by atoms with Gasteiger partial charge in [-0.25, -0.2) is 0 Å². The molecule has 0 nitrogen and oxygen atoms in total. The lowest BCUT2D eigenvalue weighted by atomic mass is 9.72. The van der Waals surface area contributed by atoms with Crippen LogP contribution in [0.5, 0.6) is 0 Å². The van der Waals surface area contributed by atoms with Gasteiger partial charge in [0, 0.05) is 0 Å². The molecule has 0 aromatic carbocycles. The second-order valence-electron chi connectivity index (χ2n) is 10.3. The maximum atomic E-state index is 2.38. The Bertz CT molecular complexity index is 252. The van der Waals surface area contributed by atoms with Gasteiger partial charge in [-0.1, -0.05) is 108 Å². The Morgan fingerprint density at radius 2 is 0.615 bits per heavy atom. The van der Waals surface area contributed by atoms with E-state index in [0.29, 0.717) is 0 Å². The molecular formula is C26H54. The molecule has 0 heteroatoms. The second kappa shape index (κ2) is 14.1. The minimum atomic E-state index is 0.909. The first-order valence-corrected chi connectivity index (χ1v) is 12.2. The van der Waals surface area contributed by atoms with Gasteiger partial charge in [-0.2, -0.15) is 0 Å². The van der Waals surface area contributed by atoms with E-state index in [2.05, 4.69) is 55.4 Å². The summed E-state index contributed by atoms with van der Waals surface area (Å²) in [6.45, 7) is 23.1. The van der Waals surface area contributed by atoms with Crippen LogP contribution in [0.1, 0.15) is 121 Å². The van der Waals surface area contributed by atoms with Gasteiger partial charge in [-0.05, 0) is 60.2 Å². The molecule has 2 saturated carbocycles.